The van der Waals surface area contributed by atoms with Gasteiger partial charge in [0.05, 0.1) is 6.42 Å². The fourth-order valence-corrected chi connectivity index (χ4v) is 3.85. The van der Waals surface area contributed by atoms with Crippen molar-refractivity contribution >= 4 is 24.1 Å². The zero-order chi connectivity index (χ0) is 20.1. The van der Waals surface area contributed by atoms with Gasteiger partial charge in [0, 0.05) is 25.8 Å². The lowest BCUT2D eigenvalue weighted by Crippen LogP contribution is -2.44. The maximum atomic E-state index is 12.9. The lowest BCUT2D eigenvalue weighted by molar-refractivity contribution is -0.137. The minimum absolute atomic E-state index is 0.0823. The Morgan fingerprint density at radius 1 is 1.21 bits per heavy atom. The van der Waals surface area contributed by atoms with Crippen molar-refractivity contribution in [2.45, 2.75) is 18.9 Å². The van der Waals surface area contributed by atoms with Crippen LogP contribution in [0.4, 0.5) is 0 Å². The number of hydrogen-bond acceptors (Lipinski definition) is 4. The second-order valence-electron chi connectivity index (χ2n) is 7.32. The standard InChI is InChI=1S/C21H25N3O3S/c1-23-12-16(13-23)11-15-7-8-18(28)24(14-15)20(17-5-3-2-4-6-17)21(27)22-10-9-19(25)26/h2-8,14,16,20H,9-13H2,1H3,(H,22,27)(H,25,26). The maximum absolute atomic E-state index is 12.9. The van der Waals surface area contributed by atoms with Gasteiger partial charge in [0.1, 0.15) is 10.7 Å². The molecule has 1 aliphatic rings. The number of likely N-dealkylation sites (tertiary alicyclic amines) is 1. The van der Waals surface area contributed by atoms with Gasteiger partial charge in [-0.1, -0.05) is 48.6 Å². The minimum atomic E-state index is -0.944. The lowest BCUT2D eigenvalue weighted by atomic mass is 9.93. The molecule has 1 aliphatic heterocycles. The number of carbonyl (C=O) groups is 2. The summed E-state index contributed by atoms with van der Waals surface area (Å²) in [5.41, 5.74) is 1.96. The molecular formula is C21H25N3O3S. The molecule has 28 heavy (non-hydrogen) atoms. The highest BCUT2D eigenvalue weighted by molar-refractivity contribution is 7.71. The minimum Gasteiger partial charge on any atom is -0.481 e. The van der Waals surface area contributed by atoms with Crippen LogP contribution in [0, 0.1) is 10.6 Å². The van der Waals surface area contributed by atoms with Crippen LogP contribution >= 0.6 is 12.2 Å². The van der Waals surface area contributed by atoms with Gasteiger partial charge in [0.25, 0.3) is 0 Å². The predicted octanol–water partition coefficient (Wildman–Crippen LogP) is 2.50. The Kier molecular flexibility index (Phi) is 6.59. The van der Waals surface area contributed by atoms with Crippen LogP contribution in [0.3, 0.4) is 0 Å². The van der Waals surface area contributed by atoms with Crippen LogP contribution in [0.2, 0.25) is 0 Å². The Morgan fingerprint density at radius 3 is 2.57 bits per heavy atom. The lowest BCUT2D eigenvalue weighted by Gasteiger charge is -2.36. The van der Waals surface area contributed by atoms with Gasteiger partial charge < -0.3 is 19.9 Å². The number of carboxylic acids is 1. The van der Waals surface area contributed by atoms with Crippen LogP contribution in [0.1, 0.15) is 23.6 Å². The molecule has 1 atom stereocenters. The first-order valence-corrected chi connectivity index (χ1v) is 9.79. The number of rotatable bonds is 8. The number of benzene rings is 1. The molecule has 2 heterocycles. The molecule has 0 radical (unpaired) electrons. The first-order chi connectivity index (χ1) is 13.4. The number of hydrogen-bond donors (Lipinski definition) is 2. The van der Waals surface area contributed by atoms with E-state index in [2.05, 4.69) is 17.3 Å². The van der Waals surface area contributed by atoms with Crippen LogP contribution in [-0.2, 0) is 16.0 Å². The van der Waals surface area contributed by atoms with Gasteiger partial charge in [-0.25, -0.2) is 0 Å². The van der Waals surface area contributed by atoms with Crippen molar-refractivity contribution in [3.63, 3.8) is 0 Å². The highest BCUT2D eigenvalue weighted by Crippen LogP contribution is 2.23. The summed E-state index contributed by atoms with van der Waals surface area (Å²) in [5.74, 6) is -0.585. The molecule has 1 amide bonds. The quantitative estimate of drug-likeness (QED) is 0.667. The third kappa shape index (κ3) is 5.05. The van der Waals surface area contributed by atoms with E-state index in [1.807, 2.05) is 53.2 Å². The Morgan fingerprint density at radius 2 is 1.93 bits per heavy atom. The molecule has 0 saturated carbocycles. The number of nitrogens with one attached hydrogen (secondary N) is 1. The number of aliphatic carboxylic acids is 1. The summed E-state index contributed by atoms with van der Waals surface area (Å²) in [6, 6.07) is 12.7. The summed E-state index contributed by atoms with van der Waals surface area (Å²) < 4.78 is 2.38. The molecule has 2 N–H and O–H groups in total. The summed E-state index contributed by atoms with van der Waals surface area (Å²) in [5, 5.41) is 11.6. The van der Waals surface area contributed by atoms with Gasteiger partial charge in [0.15, 0.2) is 0 Å². The van der Waals surface area contributed by atoms with Crippen LogP contribution in [0.25, 0.3) is 0 Å². The fourth-order valence-electron chi connectivity index (χ4n) is 3.63. The topological polar surface area (TPSA) is 74.6 Å². The van der Waals surface area contributed by atoms with Gasteiger partial charge in [-0.05, 0) is 36.6 Å². The van der Waals surface area contributed by atoms with E-state index in [0.29, 0.717) is 10.6 Å². The highest BCUT2D eigenvalue weighted by Gasteiger charge is 2.25. The SMILES string of the molecule is CN1CC(Cc2ccc(=S)n(C(C(=O)NCCC(=O)O)c3ccccc3)c2)C1. The van der Waals surface area contributed by atoms with Gasteiger partial charge in [-0.2, -0.15) is 0 Å². The van der Waals surface area contributed by atoms with E-state index in [0.717, 1.165) is 30.6 Å². The van der Waals surface area contributed by atoms with E-state index in [1.165, 1.54) is 0 Å². The van der Waals surface area contributed by atoms with E-state index >= 15 is 0 Å². The Hall–Kier alpha value is -2.51. The molecule has 1 aromatic heterocycles. The van der Waals surface area contributed by atoms with E-state index < -0.39 is 12.0 Å². The van der Waals surface area contributed by atoms with Crippen molar-refractivity contribution in [3.8, 4) is 0 Å². The second kappa shape index (κ2) is 9.12. The van der Waals surface area contributed by atoms with Crippen molar-refractivity contribution < 1.29 is 14.7 Å². The number of carboxylic acid groups (broad SMARTS) is 1. The van der Waals surface area contributed by atoms with Crippen LogP contribution in [-0.4, -0.2) is 53.1 Å². The number of aromatic nitrogens is 1. The molecule has 3 rings (SSSR count). The van der Waals surface area contributed by atoms with Crippen molar-refractivity contribution in [1.82, 2.24) is 14.8 Å². The number of pyridine rings is 1. The molecule has 1 aromatic carbocycles. The molecular weight excluding hydrogens is 374 g/mol. The van der Waals surface area contributed by atoms with Crippen LogP contribution in [0.5, 0.6) is 0 Å². The fraction of sp³-hybridized carbons (Fsp3) is 0.381. The van der Waals surface area contributed by atoms with Crippen molar-refractivity contribution in [2.75, 3.05) is 26.7 Å². The molecule has 0 spiro atoms. The summed E-state index contributed by atoms with van der Waals surface area (Å²) in [6.07, 6.45) is 2.80. The molecule has 1 fully saturated rings. The molecule has 1 unspecified atom stereocenters. The molecule has 2 aromatic rings. The van der Waals surface area contributed by atoms with Crippen LogP contribution < -0.4 is 5.32 Å². The molecule has 148 valence electrons. The van der Waals surface area contributed by atoms with Crippen LogP contribution in [0.15, 0.2) is 48.7 Å². The highest BCUT2D eigenvalue weighted by atomic mass is 32.1. The summed E-state index contributed by atoms with van der Waals surface area (Å²) in [7, 11) is 2.11. The number of nitrogens with zero attached hydrogens (tertiary/aromatic N) is 2. The van der Waals surface area contributed by atoms with E-state index in [9.17, 15) is 9.59 Å². The molecule has 7 heteroatoms. The molecule has 6 nitrogen and oxygen atoms in total. The monoisotopic (exact) mass is 399 g/mol. The smallest absolute Gasteiger partial charge is 0.305 e. The average molecular weight is 400 g/mol. The third-order valence-corrected chi connectivity index (χ3v) is 5.29. The number of carbonyl (C=O) groups excluding carboxylic acids is 1. The van der Waals surface area contributed by atoms with Gasteiger partial charge in [-0.15, -0.1) is 0 Å². The summed E-state index contributed by atoms with van der Waals surface area (Å²) >= 11 is 5.52. The van der Waals surface area contributed by atoms with Gasteiger partial charge in [-0.3, -0.25) is 9.59 Å². The summed E-state index contributed by atoms with van der Waals surface area (Å²) in [6.45, 7) is 2.24. The van der Waals surface area contributed by atoms with E-state index in [1.54, 1.807) is 0 Å². The zero-order valence-corrected chi connectivity index (χ0v) is 16.7. The van der Waals surface area contributed by atoms with Crippen molar-refractivity contribution in [1.29, 1.82) is 0 Å². The van der Waals surface area contributed by atoms with Gasteiger partial charge >= 0.3 is 5.97 Å². The molecule has 1 saturated heterocycles. The second-order valence-corrected chi connectivity index (χ2v) is 7.74. The first kappa shape index (κ1) is 20.2. The Balaban J connectivity index is 1.87. The largest absolute Gasteiger partial charge is 0.481 e. The van der Waals surface area contributed by atoms with Crippen molar-refractivity contribution in [2.24, 2.45) is 5.92 Å². The number of amides is 1. The predicted molar refractivity (Wildman–Crippen MR) is 110 cm³/mol. The van der Waals surface area contributed by atoms with Crippen molar-refractivity contribution in [3.05, 3.63) is 64.4 Å². The maximum Gasteiger partial charge on any atom is 0.305 e. The Bertz CT molecular complexity index is 891. The Labute approximate surface area is 169 Å². The zero-order valence-electron chi connectivity index (χ0n) is 15.9. The molecule has 0 bridgehead atoms. The van der Waals surface area contributed by atoms with Gasteiger partial charge in [0.2, 0.25) is 5.91 Å². The first-order valence-electron chi connectivity index (χ1n) is 9.38. The average Bonchev–Trinajstić information content (AvgIpc) is 2.64. The normalized spacial score (nSPS) is 15.6. The summed E-state index contributed by atoms with van der Waals surface area (Å²) in [4.78, 5) is 26.0. The van der Waals surface area contributed by atoms with E-state index in [4.69, 9.17) is 17.3 Å². The molecule has 0 aliphatic carbocycles. The third-order valence-electron chi connectivity index (χ3n) is 4.94. The van der Waals surface area contributed by atoms with E-state index in [-0.39, 0.29) is 18.9 Å².